The number of rotatable bonds is 6. The molecular formula is C22H21O6P. The minimum absolute atomic E-state index is 0.000975. The lowest BCUT2D eigenvalue weighted by Gasteiger charge is -2.15. The number of aromatic hydroxyl groups is 1. The zero-order valence-electron chi connectivity index (χ0n) is 16.2. The standard InChI is InChI=1S/C22H21O6P/c1-14-11-15(2)21(16(3)12-14)22(24)17-5-4-6-20(13-17)28-29(25,26)27-19-9-7-18(23)8-10-19/h4-13,23H,1-3H3,(H,25,26). The van der Waals surface area contributed by atoms with Gasteiger partial charge in [0, 0.05) is 11.1 Å². The number of aryl methyl sites for hydroxylation is 3. The average Bonchev–Trinajstić information content (AvgIpc) is 2.62. The van der Waals surface area contributed by atoms with E-state index in [4.69, 9.17) is 9.05 Å². The van der Waals surface area contributed by atoms with E-state index < -0.39 is 7.82 Å². The van der Waals surface area contributed by atoms with Crippen molar-refractivity contribution in [2.24, 2.45) is 0 Å². The Morgan fingerprint density at radius 3 is 2.07 bits per heavy atom. The SMILES string of the molecule is Cc1cc(C)c(C(=O)c2cccc(OP(=O)(O)Oc3ccc(O)cc3)c2)c(C)c1. The molecule has 7 heteroatoms. The van der Waals surface area contributed by atoms with Gasteiger partial charge in [-0.1, -0.05) is 29.8 Å². The average molecular weight is 412 g/mol. The summed E-state index contributed by atoms with van der Waals surface area (Å²) >= 11 is 0. The fourth-order valence-electron chi connectivity index (χ4n) is 3.17. The molecule has 0 saturated heterocycles. The summed E-state index contributed by atoms with van der Waals surface area (Å²) in [6.45, 7) is 5.72. The molecule has 0 aliphatic carbocycles. The molecule has 29 heavy (non-hydrogen) atoms. The molecule has 0 aromatic heterocycles. The van der Waals surface area contributed by atoms with E-state index >= 15 is 0 Å². The Kier molecular flexibility index (Phi) is 5.78. The summed E-state index contributed by atoms with van der Waals surface area (Å²) in [5.41, 5.74) is 3.73. The van der Waals surface area contributed by atoms with Crippen LogP contribution in [0, 0.1) is 20.8 Å². The summed E-state index contributed by atoms with van der Waals surface area (Å²) in [4.78, 5) is 23.0. The fourth-order valence-corrected chi connectivity index (χ4v) is 3.97. The maximum absolute atomic E-state index is 13.0. The van der Waals surface area contributed by atoms with Crippen molar-refractivity contribution in [1.82, 2.24) is 0 Å². The summed E-state index contributed by atoms with van der Waals surface area (Å²) in [5.74, 6) is -0.105. The number of hydrogen-bond donors (Lipinski definition) is 2. The van der Waals surface area contributed by atoms with E-state index in [-0.39, 0.29) is 23.0 Å². The van der Waals surface area contributed by atoms with Gasteiger partial charge in [0.25, 0.3) is 0 Å². The van der Waals surface area contributed by atoms with Crippen LogP contribution in [-0.2, 0) is 4.57 Å². The monoisotopic (exact) mass is 412 g/mol. The van der Waals surface area contributed by atoms with Crippen molar-refractivity contribution in [3.05, 3.63) is 88.5 Å². The lowest BCUT2D eigenvalue weighted by Crippen LogP contribution is -2.07. The third-order valence-corrected chi connectivity index (χ3v) is 5.16. The van der Waals surface area contributed by atoms with Crippen molar-refractivity contribution in [2.75, 3.05) is 0 Å². The molecule has 6 nitrogen and oxygen atoms in total. The minimum Gasteiger partial charge on any atom is -0.508 e. The van der Waals surface area contributed by atoms with E-state index in [0.717, 1.165) is 16.7 Å². The largest absolute Gasteiger partial charge is 0.584 e. The summed E-state index contributed by atoms with van der Waals surface area (Å²) in [6, 6.07) is 15.3. The first-order valence-corrected chi connectivity index (χ1v) is 10.4. The quantitative estimate of drug-likeness (QED) is 0.432. The molecule has 3 aromatic rings. The molecule has 1 unspecified atom stereocenters. The first kappa shape index (κ1) is 20.6. The van der Waals surface area contributed by atoms with E-state index in [1.54, 1.807) is 12.1 Å². The second-order valence-electron chi connectivity index (χ2n) is 6.78. The number of phenols is 1. The molecular weight excluding hydrogens is 391 g/mol. The fraction of sp³-hybridized carbons (Fsp3) is 0.136. The molecule has 3 aromatic carbocycles. The molecule has 0 fully saturated rings. The van der Waals surface area contributed by atoms with E-state index in [9.17, 15) is 19.4 Å². The number of phosphoric ester groups is 1. The molecule has 1 atom stereocenters. The highest BCUT2D eigenvalue weighted by atomic mass is 31.2. The molecule has 0 spiro atoms. The Morgan fingerprint density at radius 2 is 1.45 bits per heavy atom. The van der Waals surface area contributed by atoms with Crippen LogP contribution in [0.1, 0.15) is 32.6 Å². The van der Waals surface area contributed by atoms with Crippen LogP contribution in [0.2, 0.25) is 0 Å². The molecule has 2 N–H and O–H groups in total. The van der Waals surface area contributed by atoms with E-state index in [1.165, 1.54) is 36.4 Å². The number of benzene rings is 3. The highest BCUT2D eigenvalue weighted by molar-refractivity contribution is 7.48. The van der Waals surface area contributed by atoms with Gasteiger partial charge in [0.2, 0.25) is 0 Å². The Morgan fingerprint density at radius 1 is 0.862 bits per heavy atom. The maximum atomic E-state index is 13.0. The van der Waals surface area contributed by atoms with Gasteiger partial charge in [-0.3, -0.25) is 9.69 Å². The zero-order chi connectivity index (χ0) is 21.2. The van der Waals surface area contributed by atoms with Gasteiger partial charge in [0.05, 0.1) is 0 Å². The van der Waals surface area contributed by atoms with Crippen molar-refractivity contribution >= 4 is 13.6 Å². The van der Waals surface area contributed by atoms with Crippen LogP contribution >= 0.6 is 7.82 Å². The maximum Gasteiger partial charge on any atom is 0.584 e. The number of carbonyl (C=O) groups excluding carboxylic acids is 1. The topological polar surface area (TPSA) is 93.1 Å². The summed E-state index contributed by atoms with van der Waals surface area (Å²) in [5, 5.41) is 9.27. The van der Waals surface area contributed by atoms with Crippen LogP contribution in [0.3, 0.4) is 0 Å². The van der Waals surface area contributed by atoms with Gasteiger partial charge in [-0.2, -0.15) is 0 Å². The van der Waals surface area contributed by atoms with Gasteiger partial charge in [-0.05, 0) is 68.3 Å². The van der Waals surface area contributed by atoms with Crippen molar-refractivity contribution in [3.63, 3.8) is 0 Å². The van der Waals surface area contributed by atoms with Crippen molar-refractivity contribution in [2.45, 2.75) is 20.8 Å². The summed E-state index contributed by atoms with van der Waals surface area (Å²) < 4.78 is 22.4. The number of phenolic OH excluding ortho intramolecular Hbond substituents is 1. The van der Waals surface area contributed by atoms with Crippen LogP contribution in [-0.4, -0.2) is 15.8 Å². The smallest absolute Gasteiger partial charge is 0.508 e. The minimum atomic E-state index is -4.49. The molecule has 0 radical (unpaired) electrons. The lowest BCUT2D eigenvalue weighted by molar-refractivity contribution is 0.103. The first-order valence-electron chi connectivity index (χ1n) is 8.88. The van der Waals surface area contributed by atoms with Crippen LogP contribution in [0.25, 0.3) is 0 Å². The van der Waals surface area contributed by atoms with Gasteiger partial charge in [0.15, 0.2) is 5.78 Å². The van der Waals surface area contributed by atoms with Crippen LogP contribution < -0.4 is 9.05 Å². The third-order valence-electron chi connectivity index (χ3n) is 4.28. The Hall–Kier alpha value is -3.08. The van der Waals surface area contributed by atoms with Gasteiger partial charge in [-0.15, -0.1) is 0 Å². The van der Waals surface area contributed by atoms with E-state index in [2.05, 4.69) is 0 Å². The Bertz CT molecular complexity index is 1080. The molecule has 150 valence electrons. The third kappa shape index (κ3) is 5.05. The molecule has 0 aliphatic rings. The molecule has 0 aliphatic heterocycles. The van der Waals surface area contributed by atoms with Crippen molar-refractivity contribution < 1.29 is 28.4 Å². The number of phosphoric acid groups is 1. The molecule has 0 heterocycles. The predicted molar refractivity (Wildman–Crippen MR) is 110 cm³/mol. The van der Waals surface area contributed by atoms with E-state index in [1.807, 2.05) is 32.9 Å². The molecule has 3 rings (SSSR count). The second kappa shape index (κ2) is 8.11. The summed E-state index contributed by atoms with van der Waals surface area (Å²) in [6.07, 6.45) is 0. The van der Waals surface area contributed by atoms with Gasteiger partial charge in [0.1, 0.15) is 17.2 Å². The summed E-state index contributed by atoms with van der Waals surface area (Å²) in [7, 11) is -4.49. The Labute approximate surface area is 169 Å². The van der Waals surface area contributed by atoms with Crippen molar-refractivity contribution in [3.8, 4) is 17.2 Å². The molecule has 0 bridgehead atoms. The number of carbonyl (C=O) groups is 1. The van der Waals surface area contributed by atoms with Crippen LogP contribution in [0.15, 0.2) is 60.7 Å². The zero-order valence-corrected chi connectivity index (χ0v) is 17.1. The lowest BCUT2D eigenvalue weighted by atomic mass is 9.93. The highest BCUT2D eigenvalue weighted by Crippen LogP contribution is 2.44. The predicted octanol–water partition coefficient (Wildman–Crippen LogP) is 5.11. The number of ketones is 1. The van der Waals surface area contributed by atoms with Crippen LogP contribution in [0.5, 0.6) is 17.2 Å². The van der Waals surface area contributed by atoms with E-state index in [0.29, 0.717) is 11.1 Å². The highest BCUT2D eigenvalue weighted by Gasteiger charge is 2.26. The second-order valence-corrected chi connectivity index (χ2v) is 8.08. The normalized spacial score (nSPS) is 12.8. The molecule has 0 amide bonds. The first-order chi connectivity index (χ1) is 13.6. The van der Waals surface area contributed by atoms with Gasteiger partial charge < -0.3 is 14.2 Å². The molecule has 0 saturated carbocycles. The van der Waals surface area contributed by atoms with Crippen molar-refractivity contribution in [1.29, 1.82) is 0 Å². The number of hydrogen-bond acceptors (Lipinski definition) is 5. The van der Waals surface area contributed by atoms with Crippen LogP contribution in [0.4, 0.5) is 0 Å². The van der Waals surface area contributed by atoms with Gasteiger partial charge in [-0.25, -0.2) is 4.57 Å². The Balaban J connectivity index is 1.83. The van der Waals surface area contributed by atoms with Gasteiger partial charge >= 0.3 is 7.82 Å².